The molecule has 82 valence electrons. The summed E-state index contributed by atoms with van der Waals surface area (Å²) in [4.78, 5) is 2.24. The van der Waals surface area contributed by atoms with E-state index in [2.05, 4.69) is 11.9 Å². The van der Waals surface area contributed by atoms with Crippen LogP contribution in [0.3, 0.4) is 0 Å². The van der Waals surface area contributed by atoms with Crippen LogP contribution in [-0.4, -0.2) is 28.4 Å². The Bertz CT molecular complexity index is 209. The fourth-order valence-electron chi connectivity index (χ4n) is 2.61. The van der Waals surface area contributed by atoms with Gasteiger partial charge in [0.1, 0.15) is 0 Å². The van der Waals surface area contributed by atoms with Crippen LogP contribution in [0.15, 0.2) is 0 Å². The molecule has 1 heterocycles. The summed E-state index contributed by atoms with van der Waals surface area (Å²) in [7, 11) is 2.11. The van der Waals surface area contributed by atoms with Gasteiger partial charge in [-0.2, -0.15) is 0 Å². The van der Waals surface area contributed by atoms with E-state index in [1.165, 1.54) is 38.5 Å². The van der Waals surface area contributed by atoms with Gasteiger partial charge in [0.05, 0.1) is 0 Å². The molecule has 2 nitrogen and oxygen atoms in total. The van der Waals surface area contributed by atoms with Crippen molar-refractivity contribution in [2.24, 2.45) is 0 Å². The molecule has 1 aliphatic heterocycles. The van der Waals surface area contributed by atoms with Gasteiger partial charge in [0.2, 0.25) is 0 Å². The molecule has 0 amide bonds. The molecule has 0 aromatic rings. The first-order chi connectivity index (χ1) is 6.25. The van der Waals surface area contributed by atoms with E-state index in [-0.39, 0.29) is 12.4 Å². The predicted molar refractivity (Wildman–Crippen MR) is 65.6 cm³/mol. The molecule has 0 atom stereocenters. The third kappa shape index (κ3) is 2.03. The highest BCUT2D eigenvalue weighted by Gasteiger charge is 2.39. The molecule has 0 aromatic heterocycles. The summed E-state index contributed by atoms with van der Waals surface area (Å²) in [5, 5.41) is 8.63. The van der Waals surface area contributed by atoms with Crippen LogP contribution in [-0.2, 0) is 0 Å². The van der Waals surface area contributed by atoms with E-state index in [9.17, 15) is 0 Å². The number of hydrogen-bond acceptors (Lipinski definition) is 2. The number of nitrogens with zero attached hydrogens (tertiary/aromatic N) is 1. The van der Waals surface area contributed by atoms with Crippen LogP contribution in [0.5, 0.6) is 0 Å². The molecule has 2 aliphatic rings. The lowest BCUT2D eigenvalue weighted by molar-refractivity contribution is 0.135. The normalized spacial score (nSPS) is 26.1. The summed E-state index contributed by atoms with van der Waals surface area (Å²) in [6, 6.07) is 0. The van der Waals surface area contributed by atoms with Crippen LogP contribution in [0, 0.1) is 5.41 Å². The van der Waals surface area contributed by atoms with Gasteiger partial charge in [0, 0.05) is 18.3 Å². The summed E-state index contributed by atoms with van der Waals surface area (Å²) in [5.41, 5.74) is 0.376. The zero-order valence-corrected chi connectivity index (χ0v) is 10.3. The Morgan fingerprint density at radius 1 is 1.21 bits per heavy atom. The van der Waals surface area contributed by atoms with Crippen molar-refractivity contribution in [3.8, 4) is 0 Å². The van der Waals surface area contributed by atoms with E-state index < -0.39 is 0 Å². The Kier molecular flexibility index (Phi) is 4.14. The standard InChI is InChI=1S/C10H18N2S.ClH/c1-12-9(11)13-8-7-10(12)5-3-2-4-6-10;/h11H,2-8H2,1H3;1H. The van der Waals surface area contributed by atoms with E-state index in [0.717, 1.165) is 10.9 Å². The molecule has 1 saturated carbocycles. The minimum atomic E-state index is 0. The largest absolute Gasteiger partial charge is 0.349 e. The Morgan fingerprint density at radius 3 is 2.50 bits per heavy atom. The van der Waals surface area contributed by atoms with Crippen molar-refractivity contribution in [1.29, 1.82) is 5.41 Å². The lowest BCUT2D eigenvalue weighted by atomic mass is 9.78. The van der Waals surface area contributed by atoms with Gasteiger partial charge in [-0.05, 0) is 19.3 Å². The Morgan fingerprint density at radius 2 is 1.86 bits per heavy atom. The quantitative estimate of drug-likeness (QED) is 0.698. The maximum atomic E-state index is 7.85. The molecule has 0 radical (unpaired) electrons. The third-order valence-corrected chi connectivity index (χ3v) is 4.56. The van der Waals surface area contributed by atoms with Gasteiger partial charge in [0.25, 0.3) is 0 Å². The van der Waals surface area contributed by atoms with Crippen molar-refractivity contribution in [3.63, 3.8) is 0 Å². The molecule has 2 rings (SSSR count). The highest BCUT2D eigenvalue weighted by molar-refractivity contribution is 8.13. The molecule has 1 saturated heterocycles. The Balaban J connectivity index is 0.000000980. The monoisotopic (exact) mass is 234 g/mol. The van der Waals surface area contributed by atoms with Gasteiger partial charge in [-0.1, -0.05) is 31.0 Å². The van der Waals surface area contributed by atoms with E-state index in [1.807, 2.05) is 0 Å². The van der Waals surface area contributed by atoms with Gasteiger partial charge in [-0.25, -0.2) is 0 Å². The molecule has 0 unspecified atom stereocenters. The number of thioether (sulfide) groups is 1. The summed E-state index contributed by atoms with van der Waals surface area (Å²) in [5.74, 6) is 1.16. The number of nitrogens with one attached hydrogen (secondary N) is 1. The second kappa shape index (κ2) is 4.75. The summed E-state index contributed by atoms with van der Waals surface area (Å²) >= 11 is 1.70. The maximum Gasteiger partial charge on any atom is 0.156 e. The topological polar surface area (TPSA) is 27.1 Å². The molecule has 4 heteroatoms. The first-order valence-corrected chi connectivity index (χ1v) is 6.18. The van der Waals surface area contributed by atoms with Crippen LogP contribution < -0.4 is 0 Å². The smallest absolute Gasteiger partial charge is 0.156 e. The van der Waals surface area contributed by atoms with Crippen molar-refractivity contribution in [2.45, 2.75) is 44.1 Å². The molecule has 2 fully saturated rings. The van der Waals surface area contributed by atoms with Crippen LogP contribution in [0.4, 0.5) is 0 Å². The van der Waals surface area contributed by atoms with Gasteiger partial charge in [-0.3, -0.25) is 5.41 Å². The first kappa shape index (κ1) is 12.2. The van der Waals surface area contributed by atoms with Gasteiger partial charge >= 0.3 is 0 Å². The van der Waals surface area contributed by atoms with Gasteiger partial charge in [-0.15, -0.1) is 12.4 Å². The molecular formula is C10H19ClN2S. The van der Waals surface area contributed by atoms with Crippen molar-refractivity contribution < 1.29 is 0 Å². The lowest BCUT2D eigenvalue weighted by Gasteiger charge is -2.48. The second-order valence-electron chi connectivity index (χ2n) is 4.25. The fraction of sp³-hybridized carbons (Fsp3) is 0.900. The van der Waals surface area contributed by atoms with Crippen LogP contribution in [0.2, 0.25) is 0 Å². The number of hydrogen-bond donors (Lipinski definition) is 1. The van der Waals surface area contributed by atoms with Gasteiger partial charge in [0.15, 0.2) is 5.17 Å². The van der Waals surface area contributed by atoms with Gasteiger partial charge < -0.3 is 4.90 Å². The van der Waals surface area contributed by atoms with Crippen molar-refractivity contribution >= 4 is 29.3 Å². The molecule has 1 aliphatic carbocycles. The minimum absolute atomic E-state index is 0. The second-order valence-corrected chi connectivity index (χ2v) is 5.33. The zero-order valence-electron chi connectivity index (χ0n) is 8.71. The van der Waals surface area contributed by atoms with E-state index in [1.54, 1.807) is 11.8 Å². The maximum absolute atomic E-state index is 7.85. The summed E-state index contributed by atoms with van der Waals surface area (Å²) in [6.07, 6.45) is 8.04. The molecule has 14 heavy (non-hydrogen) atoms. The summed E-state index contributed by atoms with van der Waals surface area (Å²) < 4.78 is 0. The fourth-order valence-corrected chi connectivity index (χ4v) is 3.68. The Hall–Kier alpha value is 0.110. The zero-order chi connectivity index (χ0) is 9.31. The van der Waals surface area contributed by atoms with Crippen LogP contribution in [0.1, 0.15) is 38.5 Å². The van der Waals surface area contributed by atoms with E-state index >= 15 is 0 Å². The molecular weight excluding hydrogens is 216 g/mol. The molecule has 0 aromatic carbocycles. The van der Waals surface area contributed by atoms with Crippen molar-refractivity contribution in [1.82, 2.24) is 4.90 Å². The minimum Gasteiger partial charge on any atom is -0.349 e. The van der Waals surface area contributed by atoms with Crippen LogP contribution >= 0.6 is 24.2 Å². The first-order valence-electron chi connectivity index (χ1n) is 5.20. The molecule has 1 N–H and O–H groups in total. The average molecular weight is 235 g/mol. The van der Waals surface area contributed by atoms with Crippen molar-refractivity contribution in [3.05, 3.63) is 0 Å². The lowest BCUT2D eigenvalue weighted by Crippen LogP contribution is -2.52. The number of halogens is 1. The average Bonchev–Trinajstić information content (AvgIpc) is 2.16. The predicted octanol–water partition coefficient (Wildman–Crippen LogP) is 3.11. The third-order valence-electron chi connectivity index (χ3n) is 3.61. The molecule has 0 bridgehead atoms. The molecule has 1 spiro atoms. The Labute approximate surface area is 96.7 Å². The highest BCUT2D eigenvalue weighted by atomic mass is 35.5. The number of rotatable bonds is 0. The summed E-state index contributed by atoms with van der Waals surface area (Å²) in [6.45, 7) is 0. The number of amidine groups is 1. The van der Waals surface area contributed by atoms with Crippen molar-refractivity contribution in [2.75, 3.05) is 12.8 Å². The van der Waals surface area contributed by atoms with Crippen LogP contribution in [0.25, 0.3) is 0 Å². The SMILES string of the molecule is CN1C(=N)SCCC12CCCCC2.Cl. The van der Waals surface area contributed by atoms with E-state index in [4.69, 9.17) is 5.41 Å². The highest BCUT2D eigenvalue weighted by Crippen LogP contribution is 2.40. The van der Waals surface area contributed by atoms with E-state index in [0.29, 0.717) is 5.54 Å².